The standard InChI is InChI=1S/C23H28N4/c1-3-17-4-6-18(7-5-17)19-8-10-20(11-9-19)22-13-12-21(16-24-22)25-23-14-15-27(2)26-23/h8-18H,3-7H2,1-2H3,(H,25,26). The van der Waals surface area contributed by atoms with Crippen molar-refractivity contribution in [3.8, 4) is 11.3 Å². The number of hydrogen-bond donors (Lipinski definition) is 1. The maximum Gasteiger partial charge on any atom is 0.152 e. The van der Waals surface area contributed by atoms with Crippen molar-refractivity contribution >= 4 is 11.5 Å². The summed E-state index contributed by atoms with van der Waals surface area (Å²) in [5.74, 6) is 2.51. The summed E-state index contributed by atoms with van der Waals surface area (Å²) in [6.45, 7) is 2.32. The highest BCUT2D eigenvalue weighted by atomic mass is 15.3. The van der Waals surface area contributed by atoms with E-state index in [4.69, 9.17) is 0 Å². The fourth-order valence-electron chi connectivity index (χ4n) is 4.10. The average Bonchev–Trinajstić information content (AvgIpc) is 3.13. The third kappa shape index (κ3) is 4.21. The van der Waals surface area contributed by atoms with Gasteiger partial charge in [0.15, 0.2) is 5.82 Å². The molecule has 2 aromatic heterocycles. The second kappa shape index (κ2) is 7.95. The lowest BCUT2D eigenvalue weighted by atomic mass is 9.78. The largest absolute Gasteiger partial charge is 0.337 e. The number of hydrogen-bond acceptors (Lipinski definition) is 3. The van der Waals surface area contributed by atoms with E-state index in [2.05, 4.69) is 58.7 Å². The first-order chi connectivity index (χ1) is 13.2. The number of anilines is 2. The van der Waals surface area contributed by atoms with Crippen LogP contribution < -0.4 is 5.32 Å². The SMILES string of the molecule is CCC1CCC(c2ccc(-c3ccc(Nc4ccn(C)n4)cn3)cc2)CC1. The maximum absolute atomic E-state index is 4.62. The number of benzene rings is 1. The Balaban J connectivity index is 1.41. The van der Waals surface area contributed by atoms with Gasteiger partial charge in [0.05, 0.1) is 17.6 Å². The van der Waals surface area contributed by atoms with Crippen LogP contribution in [-0.4, -0.2) is 14.8 Å². The van der Waals surface area contributed by atoms with E-state index in [-0.39, 0.29) is 0 Å². The summed E-state index contributed by atoms with van der Waals surface area (Å²) < 4.78 is 1.78. The fraction of sp³-hybridized carbons (Fsp3) is 0.391. The Labute approximate surface area is 161 Å². The van der Waals surface area contributed by atoms with Crippen molar-refractivity contribution in [2.45, 2.75) is 44.9 Å². The van der Waals surface area contributed by atoms with Gasteiger partial charge in [-0.15, -0.1) is 0 Å². The number of nitrogens with one attached hydrogen (secondary N) is 1. The van der Waals surface area contributed by atoms with Crippen LogP contribution in [0, 0.1) is 5.92 Å². The number of aryl methyl sites for hydroxylation is 1. The molecule has 0 bridgehead atoms. The molecule has 0 amide bonds. The highest BCUT2D eigenvalue weighted by Crippen LogP contribution is 2.37. The van der Waals surface area contributed by atoms with E-state index in [1.807, 2.05) is 25.5 Å². The van der Waals surface area contributed by atoms with E-state index in [1.165, 1.54) is 43.2 Å². The molecule has 0 radical (unpaired) electrons. The molecule has 140 valence electrons. The molecule has 0 unspecified atom stereocenters. The predicted molar refractivity (Wildman–Crippen MR) is 111 cm³/mol. The Morgan fingerprint density at radius 3 is 2.37 bits per heavy atom. The zero-order chi connectivity index (χ0) is 18.6. The van der Waals surface area contributed by atoms with E-state index >= 15 is 0 Å². The van der Waals surface area contributed by atoms with Gasteiger partial charge in [0.1, 0.15) is 0 Å². The second-order valence-electron chi connectivity index (χ2n) is 7.68. The van der Waals surface area contributed by atoms with Crippen LogP contribution in [0.1, 0.15) is 50.5 Å². The quantitative estimate of drug-likeness (QED) is 0.615. The Hall–Kier alpha value is -2.62. The van der Waals surface area contributed by atoms with Crippen molar-refractivity contribution in [3.05, 3.63) is 60.4 Å². The van der Waals surface area contributed by atoms with Gasteiger partial charge < -0.3 is 5.32 Å². The van der Waals surface area contributed by atoms with Crippen molar-refractivity contribution in [2.24, 2.45) is 13.0 Å². The lowest BCUT2D eigenvalue weighted by molar-refractivity contribution is 0.319. The van der Waals surface area contributed by atoms with Gasteiger partial charge in [-0.1, -0.05) is 37.6 Å². The number of nitrogens with zero attached hydrogens (tertiary/aromatic N) is 3. The third-order valence-corrected chi connectivity index (χ3v) is 5.85. The van der Waals surface area contributed by atoms with Crippen LogP contribution in [0.25, 0.3) is 11.3 Å². The summed E-state index contributed by atoms with van der Waals surface area (Å²) in [6.07, 6.45) is 10.6. The lowest BCUT2D eigenvalue weighted by Crippen LogP contribution is -2.12. The number of pyridine rings is 1. The van der Waals surface area contributed by atoms with Crippen LogP contribution in [0.15, 0.2) is 54.9 Å². The molecule has 27 heavy (non-hydrogen) atoms. The van der Waals surface area contributed by atoms with E-state index in [0.717, 1.165) is 29.0 Å². The Morgan fingerprint density at radius 1 is 1.00 bits per heavy atom. The molecule has 4 heteroatoms. The van der Waals surface area contributed by atoms with E-state index < -0.39 is 0 Å². The highest BCUT2D eigenvalue weighted by molar-refractivity contribution is 5.63. The van der Waals surface area contributed by atoms with Gasteiger partial charge in [-0.2, -0.15) is 5.10 Å². The van der Waals surface area contributed by atoms with Gasteiger partial charge in [0.25, 0.3) is 0 Å². The van der Waals surface area contributed by atoms with Crippen LogP contribution in [0.5, 0.6) is 0 Å². The Bertz CT molecular complexity index is 856. The first kappa shape index (κ1) is 17.8. The molecular formula is C23H28N4. The molecule has 0 spiro atoms. The zero-order valence-corrected chi connectivity index (χ0v) is 16.2. The first-order valence-corrected chi connectivity index (χ1v) is 10.0. The van der Waals surface area contributed by atoms with Crippen molar-refractivity contribution in [2.75, 3.05) is 5.32 Å². The van der Waals surface area contributed by atoms with Gasteiger partial charge in [-0.05, 0) is 55.2 Å². The Kier molecular flexibility index (Phi) is 5.23. The molecule has 0 atom stereocenters. The van der Waals surface area contributed by atoms with Gasteiger partial charge in [-0.3, -0.25) is 9.67 Å². The Morgan fingerprint density at radius 2 is 1.78 bits per heavy atom. The minimum atomic E-state index is 0.736. The predicted octanol–water partition coefficient (Wildman–Crippen LogP) is 5.91. The van der Waals surface area contributed by atoms with Crippen molar-refractivity contribution in [1.29, 1.82) is 0 Å². The maximum atomic E-state index is 4.62. The molecule has 1 aliphatic carbocycles. The van der Waals surface area contributed by atoms with Crippen molar-refractivity contribution in [3.63, 3.8) is 0 Å². The summed E-state index contributed by atoms with van der Waals surface area (Å²) in [7, 11) is 1.91. The molecular weight excluding hydrogens is 332 g/mol. The zero-order valence-electron chi connectivity index (χ0n) is 16.2. The van der Waals surface area contributed by atoms with Gasteiger partial charge >= 0.3 is 0 Å². The minimum Gasteiger partial charge on any atom is -0.337 e. The van der Waals surface area contributed by atoms with Crippen LogP contribution in [0.4, 0.5) is 11.5 Å². The molecule has 0 saturated heterocycles. The molecule has 0 aliphatic heterocycles. The molecule has 4 nitrogen and oxygen atoms in total. The molecule has 4 rings (SSSR count). The molecule has 2 heterocycles. The molecule has 1 saturated carbocycles. The summed E-state index contributed by atoms with van der Waals surface area (Å²) in [6, 6.07) is 15.1. The van der Waals surface area contributed by atoms with E-state index in [9.17, 15) is 0 Å². The summed E-state index contributed by atoms with van der Waals surface area (Å²) in [4.78, 5) is 4.62. The minimum absolute atomic E-state index is 0.736. The molecule has 1 fully saturated rings. The summed E-state index contributed by atoms with van der Waals surface area (Å²) in [5, 5.41) is 7.60. The number of rotatable bonds is 5. The van der Waals surface area contributed by atoms with Crippen LogP contribution in [0.2, 0.25) is 0 Å². The van der Waals surface area contributed by atoms with Crippen LogP contribution in [0.3, 0.4) is 0 Å². The van der Waals surface area contributed by atoms with Gasteiger partial charge in [-0.25, -0.2) is 0 Å². The van der Waals surface area contributed by atoms with Gasteiger partial charge in [0.2, 0.25) is 0 Å². The van der Waals surface area contributed by atoms with Crippen LogP contribution in [-0.2, 0) is 7.05 Å². The molecule has 1 aromatic carbocycles. The summed E-state index contributed by atoms with van der Waals surface area (Å²) >= 11 is 0. The molecule has 3 aromatic rings. The smallest absolute Gasteiger partial charge is 0.152 e. The average molecular weight is 361 g/mol. The summed E-state index contributed by atoms with van der Waals surface area (Å²) in [5.41, 5.74) is 4.61. The molecule has 1 aliphatic rings. The van der Waals surface area contributed by atoms with Crippen molar-refractivity contribution < 1.29 is 0 Å². The third-order valence-electron chi connectivity index (χ3n) is 5.85. The second-order valence-corrected chi connectivity index (χ2v) is 7.68. The fourth-order valence-corrected chi connectivity index (χ4v) is 4.10. The molecule has 1 N–H and O–H groups in total. The van der Waals surface area contributed by atoms with Crippen LogP contribution >= 0.6 is 0 Å². The monoisotopic (exact) mass is 360 g/mol. The van der Waals surface area contributed by atoms with Crippen molar-refractivity contribution in [1.82, 2.24) is 14.8 Å². The van der Waals surface area contributed by atoms with E-state index in [1.54, 1.807) is 4.68 Å². The first-order valence-electron chi connectivity index (χ1n) is 10.0. The highest BCUT2D eigenvalue weighted by Gasteiger charge is 2.21. The topological polar surface area (TPSA) is 42.7 Å². The number of aromatic nitrogens is 3. The lowest BCUT2D eigenvalue weighted by Gasteiger charge is -2.28. The van der Waals surface area contributed by atoms with Gasteiger partial charge in [0, 0.05) is 24.9 Å². The normalized spacial score (nSPS) is 19.8. The van der Waals surface area contributed by atoms with E-state index in [0.29, 0.717) is 0 Å².